The van der Waals surface area contributed by atoms with Crippen molar-refractivity contribution in [2.45, 2.75) is 19.8 Å². The number of rotatable bonds is 0. The summed E-state index contributed by atoms with van der Waals surface area (Å²) in [5.41, 5.74) is 4.23. The monoisotopic (exact) mass is 186 g/mol. The number of nitrogens with one attached hydrogen (secondary N) is 1. The zero-order valence-corrected chi connectivity index (χ0v) is 8.43. The summed E-state index contributed by atoms with van der Waals surface area (Å²) in [7, 11) is 0. The van der Waals surface area contributed by atoms with Gasteiger partial charge in [-0.3, -0.25) is 4.99 Å². The molecule has 0 atom stereocenters. The second-order valence-corrected chi connectivity index (χ2v) is 4.12. The average molecular weight is 186 g/mol. The molecule has 0 aliphatic carbocycles. The standard InChI is InChI=1S/C12H14N2/c1-8-2-4-14-12-6-9-3-5-13-11(9)7-10(8)12/h6-7,13H,2-5H2,1H3. The fourth-order valence-electron chi connectivity index (χ4n) is 2.29. The molecule has 14 heavy (non-hydrogen) atoms. The number of hydrogen-bond donors (Lipinski definition) is 1. The van der Waals surface area contributed by atoms with Crippen LogP contribution in [0.2, 0.25) is 0 Å². The Bertz CT molecular complexity index is 500. The van der Waals surface area contributed by atoms with Gasteiger partial charge in [0.1, 0.15) is 0 Å². The van der Waals surface area contributed by atoms with Crippen molar-refractivity contribution in [1.82, 2.24) is 0 Å². The molecule has 0 fully saturated rings. The minimum atomic E-state index is 0.963. The van der Waals surface area contributed by atoms with Gasteiger partial charge in [-0.15, -0.1) is 0 Å². The Morgan fingerprint density at radius 2 is 2.21 bits per heavy atom. The smallest absolute Gasteiger partial charge is 0.0650 e. The van der Waals surface area contributed by atoms with Crippen molar-refractivity contribution in [2.75, 3.05) is 18.4 Å². The van der Waals surface area contributed by atoms with Crippen molar-refractivity contribution in [3.8, 4) is 0 Å². The lowest BCUT2D eigenvalue weighted by Gasteiger charge is -2.07. The molecular weight excluding hydrogens is 172 g/mol. The van der Waals surface area contributed by atoms with E-state index in [2.05, 4.69) is 29.4 Å². The molecule has 0 aromatic heterocycles. The first kappa shape index (κ1) is 8.04. The van der Waals surface area contributed by atoms with Gasteiger partial charge in [-0.05, 0) is 37.5 Å². The van der Waals surface area contributed by atoms with Crippen molar-refractivity contribution in [2.24, 2.45) is 4.99 Å². The van der Waals surface area contributed by atoms with E-state index in [1.807, 2.05) is 0 Å². The van der Waals surface area contributed by atoms with E-state index in [9.17, 15) is 0 Å². The van der Waals surface area contributed by atoms with Crippen molar-refractivity contribution in [3.63, 3.8) is 0 Å². The number of hydrogen-bond acceptors (Lipinski definition) is 2. The average Bonchev–Trinajstić information content (AvgIpc) is 2.62. The zero-order valence-electron chi connectivity index (χ0n) is 8.43. The van der Waals surface area contributed by atoms with Gasteiger partial charge in [-0.1, -0.05) is 5.57 Å². The van der Waals surface area contributed by atoms with E-state index >= 15 is 0 Å². The van der Waals surface area contributed by atoms with Crippen molar-refractivity contribution < 1.29 is 0 Å². The maximum absolute atomic E-state index is 4.57. The molecule has 1 N–H and O–H groups in total. The van der Waals surface area contributed by atoms with Crippen molar-refractivity contribution >= 4 is 11.3 Å². The minimum absolute atomic E-state index is 0.963. The molecule has 0 radical (unpaired) electrons. The van der Waals surface area contributed by atoms with E-state index < -0.39 is 0 Å². The summed E-state index contributed by atoms with van der Waals surface area (Å²) in [6, 6.07) is 4.53. The second kappa shape index (κ2) is 2.84. The summed E-state index contributed by atoms with van der Waals surface area (Å²) >= 11 is 0. The fraction of sp³-hybridized carbons (Fsp3) is 0.417. The van der Waals surface area contributed by atoms with Gasteiger partial charge >= 0.3 is 0 Å². The zero-order chi connectivity index (χ0) is 9.54. The molecule has 72 valence electrons. The minimum Gasteiger partial charge on any atom is -0.384 e. The molecule has 2 heterocycles. The van der Waals surface area contributed by atoms with Gasteiger partial charge in [-0.25, -0.2) is 0 Å². The number of fused-ring (bicyclic) bond motifs is 2. The van der Waals surface area contributed by atoms with E-state index in [-0.39, 0.29) is 0 Å². The first-order valence-electron chi connectivity index (χ1n) is 5.26. The highest BCUT2D eigenvalue weighted by atomic mass is 14.9. The Labute approximate surface area is 83.4 Å². The highest BCUT2D eigenvalue weighted by Crippen LogP contribution is 2.18. The highest BCUT2D eigenvalue weighted by molar-refractivity contribution is 5.58. The molecule has 0 amide bonds. The molecule has 0 bridgehead atoms. The SMILES string of the molecule is CC1=c2cc3c(cc2=NCC1)CCN3. The van der Waals surface area contributed by atoms with E-state index in [4.69, 9.17) is 0 Å². The first-order chi connectivity index (χ1) is 6.84. The summed E-state index contributed by atoms with van der Waals surface area (Å²) < 4.78 is 0. The van der Waals surface area contributed by atoms with Gasteiger partial charge in [0, 0.05) is 24.0 Å². The van der Waals surface area contributed by atoms with Crippen LogP contribution in [0.15, 0.2) is 17.1 Å². The van der Waals surface area contributed by atoms with Crippen LogP contribution in [0.4, 0.5) is 5.69 Å². The van der Waals surface area contributed by atoms with Crippen LogP contribution in [0.5, 0.6) is 0 Å². The molecule has 0 spiro atoms. The van der Waals surface area contributed by atoms with Crippen LogP contribution in [0, 0.1) is 0 Å². The third-order valence-corrected chi connectivity index (χ3v) is 3.16. The lowest BCUT2D eigenvalue weighted by Crippen LogP contribution is -2.30. The number of nitrogens with zero attached hydrogens (tertiary/aromatic N) is 1. The van der Waals surface area contributed by atoms with Crippen molar-refractivity contribution in [1.29, 1.82) is 0 Å². The van der Waals surface area contributed by atoms with Gasteiger partial charge in [0.2, 0.25) is 0 Å². The Hall–Kier alpha value is -1.31. The second-order valence-electron chi connectivity index (χ2n) is 4.12. The molecule has 2 aliphatic heterocycles. The quantitative estimate of drug-likeness (QED) is 0.638. The summed E-state index contributed by atoms with van der Waals surface area (Å²) in [5.74, 6) is 0. The summed E-state index contributed by atoms with van der Waals surface area (Å²) in [6.07, 6.45) is 2.27. The van der Waals surface area contributed by atoms with Gasteiger partial charge in [0.05, 0.1) is 5.36 Å². The van der Waals surface area contributed by atoms with Gasteiger partial charge < -0.3 is 5.32 Å². The molecular formula is C12H14N2. The van der Waals surface area contributed by atoms with E-state index in [0.717, 1.165) is 25.9 Å². The van der Waals surface area contributed by atoms with Gasteiger partial charge in [0.25, 0.3) is 0 Å². The third kappa shape index (κ3) is 1.07. The molecule has 0 saturated carbocycles. The Balaban J connectivity index is 2.39. The molecule has 1 aromatic rings. The lowest BCUT2D eigenvalue weighted by atomic mass is 10.0. The molecule has 1 aromatic carbocycles. The molecule has 2 heteroatoms. The normalized spacial score (nSPS) is 18.2. The van der Waals surface area contributed by atoms with Crippen LogP contribution in [-0.4, -0.2) is 13.1 Å². The van der Waals surface area contributed by atoms with Crippen LogP contribution >= 0.6 is 0 Å². The summed E-state index contributed by atoms with van der Waals surface area (Å²) in [5, 5.41) is 5.97. The van der Waals surface area contributed by atoms with Crippen LogP contribution in [0.3, 0.4) is 0 Å². The van der Waals surface area contributed by atoms with E-state index in [1.54, 1.807) is 0 Å². The Morgan fingerprint density at radius 1 is 1.29 bits per heavy atom. The molecule has 0 saturated heterocycles. The maximum Gasteiger partial charge on any atom is 0.0650 e. The van der Waals surface area contributed by atoms with Crippen LogP contribution in [0.1, 0.15) is 18.9 Å². The van der Waals surface area contributed by atoms with E-state index in [1.165, 1.54) is 27.4 Å². The van der Waals surface area contributed by atoms with Crippen LogP contribution in [0.25, 0.3) is 5.57 Å². The van der Waals surface area contributed by atoms with Gasteiger partial charge in [0.15, 0.2) is 0 Å². The number of anilines is 1. The van der Waals surface area contributed by atoms with E-state index in [0.29, 0.717) is 0 Å². The lowest BCUT2D eigenvalue weighted by molar-refractivity contribution is 0.930. The molecule has 3 rings (SSSR count). The van der Waals surface area contributed by atoms with Crippen LogP contribution < -0.4 is 15.9 Å². The first-order valence-corrected chi connectivity index (χ1v) is 5.26. The Morgan fingerprint density at radius 3 is 3.14 bits per heavy atom. The van der Waals surface area contributed by atoms with Gasteiger partial charge in [-0.2, -0.15) is 0 Å². The summed E-state index contributed by atoms with van der Waals surface area (Å²) in [4.78, 5) is 4.57. The Kier molecular flexibility index (Phi) is 1.63. The fourth-order valence-corrected chi connectivity index (χ4v) is 2.29. The third-order valence-electron chi connectivity index (χ3n) is 3.16. The predicted octanol–water partition coefficient (Wildman–Crippen LogP) is 0.849. The highest BCUT2D eigenvalue weighted by Gasteiger charge is 2.11. The largest absolute Gasteiger partial charge is 0.384 e. The topological polar surface area (TPSA) is 24.4 Å². The molecule has 0 unspecified atom stereocenters. The molecule has 2 aliphatic rings. The summed E-state index contributed by atoms with van der Waals surface area (Å²) in [6.45, 7) is 4.26. The predicted molar refractivity (Wildman–Crippen MR) is 58.0 cm³/mol. The maximum atomic E-state index is 4.57. The van der Waals surface area contributed by atoms with Crippen LogP contribution in [-0.2, 0) is 6.42 Å². The van der Waals surface area contributed by atoms with Crippen molar-refractivity contribution in [3.05, 3.63) is 28.3 Å². The number of benzene rings is 1. The molecule has 2 nitrogen and oxygen atoms in total.